The molecule has 0 aliphatic heterocycles. The van der Waals surface area contributed by atoms with Crippen molar-refractivity contribution < 1.29 is 23.8 Å². The van der Waals surface area contributed by atoms with Gasteiger partial charge in [0.05, 0.1) is 28.9 Å². The number of carbonyl (C=O) groups is 2. The van der Waals surface area contributed by atoms with Gasteiger partial charge in [0.25, 0.3) is 5.91 Å². The fourth-order valence-electron chi connectivity index (χ4n) is 3.30. The maximum atomic E-state index is 12.5. The lowest BCUT2D eigenvalue weighted by Gasteiger charge is -2.10. The molecule has 4 aromatic rings. The normalized spacial score (nSPS) is 10.7. The van der Waals surface area contributed by atoms with E-state index in [1.165, 1.54) is 31.5 Å². The van der Waals surface area contributed by atoms with Crippen molar-refractivity contribution in [3.8, 4) is 17.2 Å². The molecule has 0 atom stereocenters. The number of hydrogen-bond donors (Lipinski definition) is 1. The number of halogens is 2. The summed E-state index contributed by atoms with van der Waals surface area (Å²) in [4.78, 5) is 24.9. The minimum absolute atomic E-state index is 0.208. The molecule has 192 valence electrons. The SMILES string of the molecule is COc1cc(/C=N/NC(=O)c2ccc(OCc3ccccc3)cc2)ccc1OC(=O)c1ccc(Cl)c(Cl)c1. The second-order valence-corrected chi connectivity index (χ2v) is 8.74. The highest BCUT2D eigenvalue weighted by molar-refractivity contribution is 6.42. The maximum Gasteiger partial charge on any atom is 0.343 e. The number of carbonyl (C=O) groups excluding carboxylic acids is 2. The van der Waals surface area contributed by atoms with E-state index in [2.05, 4.69) is 10.5 Å². The van der Waals surface area contributed by atoms with Gasteiger partial charge in [0.15, 0.2) is 11.5 Å². The third-order valence-corrected chi connectivity index (χ3v) is 6.03. The Balaban J connectivity index is 1.33. The monoisotopic (exact) mass is 548 g/mol. The van der Waals surface area contributed by atoms with Gasteiger partial charge in [0.2, 0.25) is 0 Å². The molecule has 7 nitrogen and oxygen atoms in total. The van der Waals surface area contributed by atoms with Crippen LogP contribution in [0.2, 0.25) is 10.0 Å². The molecule has 0 heterocycles. The van der Waals surface area contributed by atoms with Crippen molar-refractivity contribution >= 4 is 41.3 Å². The van der Waals surface area contributed by atoms with Crippen molar-refractivity contribution in [3.05, 3.63) is 123 Å². The lowest BCUT2D eigenvalue weighted by molar-refractivity contribution is 0.0729. The number of benzene rings is 4. The summed E-state index contributed by atoms with van der Waals surface area (Å²) in [5, 5.41) is 4.58. The Labute approximate surface area is 229 Å². The Hall–Kier alpha value is -4.33. The van der Waals surface area contributed by atoms with Gasteiger partial charge >= 0.3 is 5.97 Å². The largest absolute Gasteiger partial charge is 0.493 e. The van der Waals surface area contributed by atoms with Gasteiger partial charge < -0.3 is 14.2 Å². The highest BCUT2D eigenvalue weighted by Crippen LogP contribution is 2.29. The molecule has 1 amide bonds. The third kappa shape index (κ3) is 7.12. The van der Waals surface area contributed by atoms with Gasteiger partial charge in [-0.1, -0.05) is 53.5 Å². The quantitative estimate of drug-likeness (QED) is 0.111. The predicted molar refractivity (Wildman–Crippen MR) is 147 cm³/mol. The van der Waals surface area contributed by atoms with Crippen molar-refractivity contribution in [2.45, 2.75) is 6.61 Å². The molecule has 0 unspecified atom stereocenters. The summed E-state index contributed by atoms with van der Waals surface area (Å²) in [6.07, 6.45) is 1.45. The molecular formula is C29H22Cl2N2O5. The highest BCUT2D eigenvalue weighted by Gasteiger charge is 2.14. The topological polar surface area (TPSA) is 86.2 Å². The molecule has 0 aliphatic carbocycles. The van der Waals surface area contributed by atoms with Crippen LogP contribution in [0.25, 0.3) is 0 Å². The van der Waals surface area contributed by atoms with Gasteiger partial charge in [-0.05, 0) is 71.8 Å². The zero-order chi connectivity index (χ0) is 26.9. The summed E-state index contributed by atoms with van der Waals surface area (Å²) in [6.45, 7) is 0.438. The predicted octanol–water partition coefficient (Wildman–Crippen LogP) is 6.56. The van der Waals surface area contributed by atoms with Crippen LogP contribution in [0.5, 0.6) is 17.2 Å². The maximum absolute atomic E-state index is 12.5. The molecule has 0 aromatic heterocycles. The molecule has 38 heavy (non-hydrogen) atoms. The van der Waals surface area contributed by atoms with Crippen molar-refractivity contribution in [1.29, 1.82) is 0 Å². The lowest BCUT2D eigenvalue weighted by Crippen LogP contribution is -2.17. The molecule has 0 bridgehead atoms. The summed E-state index contributed by atoms with van der Waals surface area (Å²) in [7, 11) is 1.45. The number of hydrazone groups is 1. The number of methoxy groups -OCH3 is 1. The molecule has 0 spiro atoms. The van der Waals surface area contributed by atoms with E-state index >= 15 is 0 Å². The van der Waals surface area contributed by atoms with Gasteiger partial charge in [0, 0.05) is 5.56 Å². The average molecular weight is 549 g/mol. The highest BCUT2D eigenvalue weighted by atomic mass is 35.5. The second-order valence-electron chi connectivity index (χ2n) is 7.93. The Kier molecular flexibility index (Phi) is 8.98. The number of nitrogens with one attached hydrogen (secondary N) is 1. The van der Waals surface area contributed by atoms with Crippen LogP contribution in [-0.4, -0.2) is 25.2 Å². The molecule has 4 aromatic carbocycles. The number of nitrogens with zero attached hydrogens (tertiary/aromatic N) is 1. The molecule has 0 saturated heterocycles. The minimum atomic E-state index is -0.618. The first-order valence-electron chi connectivity index (χ1n) is 11.4. The molecular weight excluding hydrogens is 527 g/mol. The van der Waals surface area contributed by atoms with Gasteiger partial charge in [-0.3, -0.25) is 4.79 Å². The van der Waals surface area contributed by atoms with Crippen molar-refractivity contribution in [2.75, 3.05) is 7.11 Å². The Morgan fingerprint density at radius 3 is 2.29 bits per heavy atom. The van der Waals surface area contributed by atoms with Gasteiger partial charge in [-0.25, -0.2) is 10.2 Å². The van der Waals surface area contributed by atoms with Gasteiger partial charge in [-0.2, -0.15) is 5.10 Å². The van der Waals surface area contributed by atoms with E-state index in [9.17, 15) is 9.59 Å². The van der Waals surface area contributed by atoms with Crippen LogP contribution in [0.15, 0.2) is 96.1 Å². The first-order valence-corrected chi connectivity index (χ1v) is 12.1. The zero-order valence-electron chi connectivity index (χ0n) is 20.2. The molecule has 0 aliphatic rings. The van der Waals surface area contributed by atoms with E-state index in [4.69, 9.17) is 37.4 Å². The van der Waals surface area contributed by atoms with E-state index in [-0.39, 0.29) is 22.2 Å². The molecule has 9 heteroatoms. The van der Waals surface area contributed by atoms with Crippen LogP contribution in [0.1, 0.15) is 31.8 Å². The number of hydrogen-bond acceptors (Lipinski definition) is 6. The van der Waals surface area contributed by atoms with Crippen LogP contribution >= 0.6 is 23.2 Å². The summed E-state index contributed by atoms with van der Waals surface area (Å²) < 4.78 is 16.5. The van der Waals surface area contributed by atoms with E-state index in [1.807, 2.05) is 30.3 Å². The fourth-order valence-corrected chi connectivity index (χ4v) is 3.60. The fraction of sp³-hybridized carbons (Fsp3) is 0.0690. The lowest BCUT2D eigenvalue weighted by atomic mass is 10.2. The number of ether oxygens (including phenoxy) is 3. The number of amides is 1. The Morgan fingerprint density at radius 2 is 1.58 bits per heavy atom. The van der Waals surface area contributed by atoms with E-state index in [0.717, 1.165) is 5.56 Å². The summed E-state index contributed by atoms with van der Waals surface area (Å²) in [5.41, 5.74) is 4.81. The average Bonchev–Trinajstić information content (AvgIpc) is 2.94. The Bertz CT molecular complexity index is 1460. The van der Waals surface area contributed by atoms with Crippen LogP contribution in [0.4, 0.5) is 0 Å². The van der Waals surface area contributed by atoms with Gasteiger partial charge in [0.1, 0.15) is 12.4 Å². The van der Waals surface area contributed by atoms with Crippen molar-refractivity contribution in [3.63, 3.8) is 0 Å². The molecule has 0 radical (unpaired) electrons. The first kappa shape index (κ1) is 26.7. The van der Waals surface area contributed by atoms with E-state index in [1.54, 1.807) is 42.5 Å². The first-order chi connectivity index (χ1) is 18.4. The molecule has 1 N–H and O–H groups in total. The molecule has 4 rings (SSSR count). The van der Waals surface area contributed by atoms with Crippen molar-refractivity contribution in [1.82, 2.24) is 5.43 Å². The summed E-state index contributed by atoms with van der Waals surface area (Å²) >= 11 is 11.9. The molecule has 0 fully saturated rings. The summed E-state index contributed by atoms with van der Waals surface area (Å²) in [5.74, 6) is 0.169. The van der Waals surface area contributed by atoms with E-state index in [0.29, 0.717) is 34.3 Å². The van der Waals surface area contributed by atoms with Crippen LogP contribution in [0.3, 0.4) is 0 Å². The van der Waals surface area contributed by atoms with Crippen LogP contribution in [-0.2, 0) is 6.61 Å². The standard InChI is InChI=1S/C29H22Cl2N2O5/c1-36-27-15-20(7-14-26(27)38-29(35)22-10-13-24(30)25(31)16-22)17-32-33-28(34)21-8-11-23(12-9-21)37-18-19-5-3-2-4-6-19/h2-17H,18H2,1H3,(H,33,34)/b32-17+. The number of rotatable bonds is 9. The third-order valence-electron chi connectivity index (χ3n) is 5.29. The smallest absolute Gasteiger partial charge is 0.343 e. The second kappa shape index (κ2) is 12.8. The molecule has 0 saturated carbocycles. The van der Waals surface area contributed by atoms with Crippen molar-refractivity contribution in [2.24, 2.45) is 5.10 Å². The van der Waals surface area contributed by atoms with E-state index < -0.39 is 5.97 Å². The minimum Gasteiger partial charge on any atom is -0.493 e. The van der Waals surface area contributed by atoms with Gasteiger partial charge in [-0.15, -0.1) is 0 Å². The Morgan fingerprint density at radius 1 is 0.842 bits per heavy atom. The van der Waals surface area contributed by atoms with Crippen LogP contribution < -0.4 is 19.6 Å². The van der Waals surface area contributed by atoms with Crippen LogP contribution in [0, 0.1) is 0 Å². The summed E-state index contributed by atoms with van der Waals surface area (Å²) in [6, 6.07) is 25.9. The number of esters is 1. The zero-order valence-corrected chi connectivity index (χ0v) is 21.7.